The minimum atomic E-state index is -0.794. The Labute approximate surface area is 482 Å². The monoisotopic (exact) mass is 1080 g/mol. The number of allylic oxidation sites excluding steroid dienone is 20. The largest absolute Gasteiger partial charge is 0.462 e. The van der Waals surface area contributed by atoms with Crippen LogP contribution < -0.4 is 0 Å². The van der Waals surface area contributed by atoms with Crippen molar-refractivity contribution in [2.45, 2.75) is 303 Å². The Hall–Kier alpha value is -4.19. The minimum Gasteiger partial charge on any atom is -0.462 e. The highest BCUT2D eigenvalue weighted by Gasteiger charge is 2.19. The fourth-order valence-corrected chi connectivity index (χ4v) is 8.80. The molecule has 0 aromatic carbocycles. The van der Waals surface area contributed by atoms with E-state index in [1.165, 1.54) is 128 Å². The molecule has 0 saturated carbocycles. The molecule has 1 atom stereocenters. The van der Waals surface area contributed by atoms with Crippen LogP contribution in [0.25, 0.3) is 0 Å². The quantitative estimate of drug-likeness (QED) is 0.0261. The zero-order chi connectivity index (χ0) is 56.4. The van der Waals surface area contributed by atoms with Crippen LogP contribution in [-0.4, -0.2) is 37.2 Å². The number of carbonyl (C=O) groups excluding carboxylic acids is 3. The summed E-state index contributed by atoms with van der Waals surface area (Å²) in [6, 6.07) is 0. The van der Waals surface area contributed by atoms with Crippen LogP contribution in [0.5, 0.6) is 0 Å². The Morgan fingerprint density at radius 1 is 0.269 bits per heavy atom. The van der Waals surface area contributed by atoms with Gasteiger partial charge in [-0.2, -0.15) is 0 Å². The third kappa shape index (κ3) is 62.7. The molecule has 0 aliphatic carbocycles. The fraction of sp³-hybridized carbons (Fsp3) is 0.681. The van der Waals surface area contributed by atoms with Crippen LogP contribution in [0.2, 0.25) is 0 Å². The first-order valence-electron chi connectivity index (χ1n) is 32.5. The lowest BCUT2D eigenvalue weighted by Crippen LogP contribution is -2.30. The zero-order valence-electron chi connectivity index (χ0n) is 50.9. The van der Waals surface area contributed by atoms with Crippen molar-refractivity contribution < 1.29 is 28.6 Å². The maximum atomic E-state index is 12.9. The summed E-state index contributed by atoms with van der Waals surface area (Å²) in [4.78, 5) is 38.3. The van der Waals surface area contributed by atoms with Gasteiger partial charge in [-0.3, -0.25) is 14.4 Å². The third-order valence-electron chi connectivity index (χ3n) is 13.7. The second kappa shape index (κ2) is 65.3. The molecule has 0 radical (unpaired) electrons. The third-order valence-corrected chi connectivity index (χ3v) is 13.7. The van der Waals surface area contributed by atoms with Gasteiger partial charge < -0.3 is 14.2 Å². The van der Waals surface area contributed by atoms with Crippen molar-refractivity contribution in [2.24, 2.45) is 0 Å². The summed E-state index contributed by atoms with van der Waals surface area (Å²) < 4.78 is 16.9. The van der Waals surface area contributed by atoms with Crippen molar-refractivity contribution in [2.75, 3.05) is 13.2 Å². The van der Waals surface area contributed by atoms with Gasteiger partial charge in [0.25, 0.3) is 0 Å². The average molecular weight is 1080 g/mol. The Kier molecular flexibility index (Phi) is 61.8. The number of hydrogen-bond acceptors (Lipinski definition) is 6. The van der Waals surface area contributed by atoms with Crippen LogP contribution in [0.3, 0.4) is 0 Å². The van der Waals surface area contributed by atoms with Crippen LogP contribution in [-0.2, 0) is 28.6 Å². The van der Waals surface area contributed by atoms with Gasteiger partial charge in [0, 0.05) is 19.3 Å². The molecular formula is C72H120O6. The van der Waals surface area contributed by atoms with Crippen molar-refractivity contribution >= 4 is 17.9 Å². The van der Waals surface area contributed by atoms with Gasteiger partial charge in [-0.15, -0.1) is 0 Å². The SMILES string of the molecule is CC/C=C\C/C=C\C/C=C\C/C=C\C/C=C\C/C=C\C/C=C\CCCCCCCCCC(=O)OCC(COC(=O)CCCCCCC/C=C\CCCCCCC)OC(=O)CCCCCCCCC/C=C\C/C=C\CCCCC. The number of esters is 3. The highest BCUT2D eigenvalue weighted by Crippen LogP contribution is 2.15. The first-order valence-corrected chi connectivity index (χ1v) is 32.5. The lowest BCUT2D eigenvalue weighted by Gasteiger charge is -2.18. The first kappa shape index (κ1) is 73.8. The maximum absolute atomic E-state index is 12.9. The predicted octanol–water partition coefficient (Wildman–Crippen LogP) is 22.4. The Bertz CT molecular complexity index is 1620. The number of rotatable bonds is 58. The van der Waals surface area contributed by atoms with E-state index >= 15 is 0 Å². The molecule has 78 heavy (non-hydrogen) atoms. The Morgan fingerprint density at radius 3 is 0.821 bits per heavy atom. The topological polar surface area (TPSA) is 78.9 Å². The zero-order valence-corrected chi connectivity index (χ0v) is 50.9. The van der Waals surface area contributed by atoms with Crippen molar-refractivity contribution in [3.63, 3.8) is 0 Å². The van der Waals surface area contributed by atoms with Crippen LogP contribution in [0.4, 0.5) is 0 Å². The van der Waals surface area contributed by atoms with E-state index in [0.717, 1.165) is 128 Å². The number of hydrogen-bond donors (Lipinski definition) is 0. The number of ether oxygens (including phenoxy) is 3. The number of unbranched alkanes of at least 4 members (excludes halogenated alkanes) is 27. The molecule has 1 unspecified atom stereocenters. The summed E-state index contributed by atoms with van der Waals surface area (Å²) in [7, 11) is 0. The van der Waals surface area contributed by atoms with Crippen molar-refractivity contribution in [1.29, 1.82) is 0 Å². The van der Waals surface area contributed by atoms with E-state index in [1.54, 1.807) is 0 Å². The standard InChI is InChI=1S/C72H120O6/c1-4-7-10-13-16-19-22-25-28-30-31-32-33-34-35-36-37-38-39-40-41-43-44-47-50-53-56-59-62-65-71(74)77-68-69(67-76-70(73)64-61-58-55-52-49-46-27-24-21-18-15-12-9-6-3)78-72(75)66-63-60-57-54-51-48-45-42-29-26-23-20-17-14-11-8-5-2/h7,10,16-17,19-20,24-29,31-32,34-35,37-38,40-41,69H,4-6,8-9,11-15,18,21-23,30,33,36,39,42-68H2,1-3H3/b10-7-,19-16-,20-17-,27-24-,28-25-,29-26-,32-31-,35-34-,38-37-,41-40-. The summed E-state index contributed by atoms with van der Waals surface area (Å²) in [5.74, 6) is -0.912. The van der Waals surface area contributed by atoms with Crippen LogP contribution in [0, 0.1) is 0 Å². The van der Waals surface area contributed by atoms with Crippen LogP contribution in [0.15, 0.2) is 122 Å². The summed E-state index contributed by atoms with van der Waals surface area (Å²) in [5.41, 5.74) is 0. The average Bonchev–Trinajstić information content (AvgIpc) is 3.44. The molecule has 0 rings (SSSR count). The van der Waals surface area contributed by atoms with Crippen LogP contribution in [0.1, 0.15) is 297 Å². The van der Waals surface area contributed by atoms with E-state index in [1.807, 2.05) is 0 Å². The first-order chi connectivity index (χ1) is 38.5. The lowest BCUT2D eigenvalue weighted by molar-refractivity contribution is -0.167. The fourth-order valence-electron chi connectivity index (χ4n) is 8.80. The van der Waals surface area contributed by atoms with Crippen molar-refractivity contribution in [3.8, 4) is 0 Å². The van der Waals surface area contributed by atoms with Gasteiger partial charge in [0.2, 0.25) is 0 Å². The van der Waals surface area contributed by atoms with Gasteiger partial charge in [-0.1, -0.05) is 264 Å². The molecule has 0 aliphatic rings. The summed E-state index contributed by atoms with van der Waals surface area (Å²) in [6.45, 7) is 6.48. The molecule has 0 fully saturated rings. The van der Waals surface area contributed by atoms with Gasteiger partial charge in [0.1, 0.15) is 13.2 Å². The molecule has 6 heteroatoms. The van der Waals surface area contributed by atoms with E-state index in [9.17, 15) is 14.4 Å². The van der Waals surface area contributed by atoms with E-state index in [4.69, 9.17) is 14.2 Å². The number of carbonyl (C=O) groups is 3. The highest BCUT2D eigenvalue weighted by molar-refractivity contribution is 5.71. The molecular weight excluding hydrogens is 961 g/mol. The smallest absolute Gasteiger partial charge is 0.306 e. The molecule has 0 amide bonds. The molecule has 0 bridgehead atoms. The van der Waals surface area contributed by atoms with Crippen LogP contribution >= 0.6 is 0 Å². The predicted molar refractivity (Wildman–Crippen MR) is 339 cm³/mol. The summed E-state index contributed by atoms with van der Waals surface area (Å²) in [6.07, 6.45) is 90.5. The molecule has 0 aromatic heterocycles. The van der Waals surface area contributed by atoms with Gasteiger partial charge in [0.15, 0.2) is 6.10 Å². The molecule has 0 aliphatic heterocycles. The van der Waals surface area contributed by atoms with E-state index < -0.39 is 6.10 Å². The highest BCUT2D eigenvalue weighted by atomic mass is 16.6. The van der Waals surface area contributed by atoms with E-state index in [2.05, 4.69) is 142 Å². The minimum absolute atomic E-state index is 0.0903. The molecule has 0 spiro atoms. The second-order valence-corrected chi connectivity index (χ2v) is 21.3. The van der Waals surface area contributed by atoms with Gasteiger partial charge >= 0.3 is 17.9 Å². The molecule has 0 aromatic rings. The van der Waals surface area contributed by atoms with Crippen molar-refractivity contribution in [1.82, 2.24) is 0 Å². The van der Waals surface area contributed by atoms with E-state index in [-0.39, 0.29) is 31.1 Å². The molecule has 6 nitrogen and oxygen atoms in total. The van der Waals surface area contributed by atoms with E-state index in [0.29, 0.717) is 19.3 Å². The summed E-state index contributed by atoms with van der Waals surface area (Å²) >= 11 is 0. The molecule has 0 N–H and O–H groups in total. The summed E-state index contributed by atoms with van der Waals surface area (Å²) in [5, 5.41) is 0. The Morgan fingerprint density at radius 2 is 0.500 bits per heavy atom. The van der Waals surface area contributed by atoms with Gasteiger partial charge in [0.05, 0.1) is 0 Å². The van der Waals surface area contributed by atoms with Gasteiger partial charge in [-0.25, -0.2) is 0 Å². The second-order valence-electron chi connectivity index (χ2n) is 21.3. The molecule has 0 heterocycles. The maximum Gasteiger partial charge on any atom is 0.306 e. The molecule has 444 valence electrons. The normalized spacial score (nSPS) is 12.9. The Balaban J connectivity index is 4.36. The van der Waals surface area contributed by atoms with Crippen molar-refractivity contribution in [3.05, 3.63) is 122 Å². The molecule has 0 saturated heterocycles. The van der Waals surface area contributed by atoms with Gasteiger partial charge in [-0.05, 0) is 135 Å². The lowest BCUT2D eigenvalue weighted by atomic mass is 10.1.